The van der Waals surface area contributed by atoms with Gasteiger partial charge in [-0.25, -0.2) is 15.8 Å². The molecule has 16 heavy (non-hydrogen) atoms. The third-order valence-corrected chi connectivity index (χ3v) is 2.41. The molecule has 0 radical (unpaired) electrons. The molecule has 0 aliphatic carbocycles. The zero-order valence-electron chi connectivity index (χ0n) is 9.99. The van der Waals surface area contributed by atoms with Gasteiger partial charge in [0.2, 0.25) is 5.88 Å². The molecule has 0 atom stereocenters. The lowest BCUT2D eigenvalue weighted by Gasteiger charge is -2.09. The van der Waals surface area contributed by atoms with Gasteiger partial charge in [0.15, 0.2) is 0 Å². The van der Waals surface area contributed by atoms with E-state index in [4.69, 9.17) is 10.6 Å². The van der Waals surface area contributed by atoms with Crippen LogP contribution in [-0.2, 0) is 0 Å². The zero-order chi connectivity index (χ0) is 11.8. The Hall–Kier alpha value is -1.36. The lowest BCUT2D eigenvalue weighted by atomic mass is 10.2. The predicted octanol–water partition coefficient (Wildman–Crippen LogP) is 2.03. The van der Waals surface area contributed by atoms with Crippen molar-refractivity contribution in [2.24, 2.45) is 5.84 Å². The van der Waals surface area contributed by atoms with E-state index in [-0.39, 0.29) is 0 Å². The number of anilines is 1. The number of hydrogen-bond donors (Lipinski definition) is 2. The summed E-state index contributed by atoms with van der Waals surface area (Å²) < 4.78 is 5.58. The van der Waals surface area contributed by atoms with Gasteiger partial charge in [0.1, 0.15) is 12.1 Å². The van der Waals surface area contributed by atoms with Gasteiger partial charge in [-0.15, -0.1) is 0 Å². The summed E-state index contributed by atoms with van der Waals surface area (Å²) in [6.45, 7) is 4.77. The SMILES string of the molecule is CCCCCCOc1ncnc(NN)c1C. The average molecular weight is 224 g/mol. The molecule has 0 amide bonds. The fourth-order valence-electron chi connectivity index (χ4n) is 1.42. The molecular weight excluding hydrogens is 204 g/mol. The maximum absolute atomic E-state index is 5.58. The summed E-state index contributed by atoms with van der Waals surface area (Å²) in [4.78, 5) is 8.06. The standard InChI is InChI=1S/C11H20N4O/c1-3-4-5-6-7-16-11-9(2)10(15-12)13-8-14-11/h8H,3-7,12H2,1-2H3,(H,13,14,15). The van der Waals surface area contributed by atoms with Gasteiger partial charge in [-0.1, -0.05) is 26.2 Å². The molecule has 90 valence electrons. The van der Waals surface area contributed by atoms with Crippen molar-refractivity contribution in [3.63, 3.8) is 0 Å². The van der Waals surface area contributed by atoms with Gasteiger partial charge in [0.05, 0.1) is 12.2 Å². The highest BCUT2D eigenvalue weighted by molar-refractivity contribution is 5.46. The Balaban J connectivity index is 2.41. The number of unbranched alkanes of at least 4 members (excludes halogenated alkanes) is 3. The monoisotopic (exact) mass is 224 g/mol. The Labute approximate surface area is 96.4 Å². The van der Waals surface area contributed by atoms with Crippen LogP contribution in [0.2, 0.25) is 0 Å². The van der Waals surface area contributed by atoms with Crippen molar-refractivity contribution in [1.29, 1.82) is 0 Å². The third-order valence-electron chi connectivity index (χ3n) is 2.41. The van der Waals surface area contributed by atoms with Gasteiger partial charge < -0.3 is 10.2 Å². The molecule has 0 bridgehead atoms. The second-order valence-electron chi connectivity index (χ2n) is 3.71. The summed E-state index contributed by atoms with van der Waals surface area (Å²) >= 11 is 0. The van der Waals surface area contributed by atoms with E-state index < -0.39 is 0 Å². The van der Waals surface area contributed by atoms with Gasteiger partial charge in [0.25, 0.3) is 0 Å². The Morgan fingerprint density at radius 3 is 2.81 bits per heavy atom. The minimum absolute atomic E-state index is 0.610. The molecule has 0 aliphatic rings. The molecule has 0 aliphatic heterocycles. The normalized spacial score (nSPS) is 10.2. The van der Waals surface area contributed by atoms with Gasteiger partial charge in [-0.3, -0.25) is 0 Å². The van der Waals surface area contributed by atoms with Crippen molar-refractivity contribution in [2.75, 3.05) is 12.0 Å². The average Bonchev–Trinajstić information content (AvgIpc) is 2.31. The third kappa shape index (κ3) is 3.66. The number of nitrogens with one attached hydrogen (secondary N) is 1. The molecule has 0 saturated heterocycles. The van der Waals surface area contributed by atoms with Crippen LogP contribution in [0.3, 0.4) is 0 Å². The van der Waals surface area contributed by atoms with Crippen molar-refractivity contribution < 1.29 is 4.74 Å². The minimum atomic E-state index is 0.610. The van der Waals surface area contributed by atoms with Crippen LogP contribution in [0, 0.1) is 6.92 Å². The number of nitrogens with two attached hydrogens (primary N) is 1. The van der Waals surface area contributed by atoms with Gasteiger partial charge in [-0.2, -0.15) is 0 Å². The highest BCUT2D eigenvalue weighted by Gasteiger charge is 2.06. The van der Waals surface area contributed by atoms with Crippen LogP contribution in [-0.4, -0.2) is 16.6 Å². The number of rotatable bonds is 7. The molecule has 0 aromatic carbocycles. The van der Waals surface area contributed by atoms with E-state index in [2.05, 4.69) is 22.3 Å². The minimum Gasteiger partial charge on any atom is -0.477 e. The highest BCUT2D eigenvalue weighted by atomic mass is 16.5. The Morgan fingerprint density at radius 1 is 1.31 bits per heavy atom. The van der Waals surface area contributed by atoms with Crippen molar-refractivity contribution >= 4 is 5.82 Å². The molecule has 1 heterocycles. The molecule has 0 fully saturated rings. The molecule has 0 spiro atoms. The van der Waals surface area contributed by atoms with Crippen molar-refractivity contribution in [3.8, 4) is 5.88 Å². The summed E-state index contributed by atoms with van der Waals surface area (Å²) in [7, 11) is 0. The zero-order valence-corrected chi connectivity index (χ0v) is 9.99. The maximum Gasteiger partial charge on any atom is 0.221 e. The smallest absolute Gasteiger partial charge is 0.221 e. The molecule has 3 N–H and O–H groups in total. The van der Waals surface area contributed by atoms with Crippen molar-refractivity contribution in [1.82, 2.24) is 9.97 Å². The van der Waals surface area contributed by atoms with Crippen LogP contribution in [0.4, 0.5) is 5.82 Å². The van der Waals surface area contributed by atoms with E-state index in [0.29, 0.717) is 18.3 Å². The van der Waals surface area contributed by atoms with Crippen molar-refractivity contribution in [2.45, 2.75) is 39.5 Å². The summed E-state index contributed by atoms with van der Waals surface area (Å²) in [6.07, 6.45) is 6.18. The van der Waals surface area contributed by atoms with Crippen LogP contribution in [0.5, 0.6) is 5.88 Å². The second kappa shape index (κ2) is 7.00. The van der Waals surface area contributed by atoms with Crippen LogP contribution >= 0.6 is 0 Å². The van der Waals surface area contributed by atoms with Crippen LogP contribution in [0.25, 0.3) is 0 Å². The van der Waals surface area contributed by atoms with E-state index in [0.717, 1.165) is 12.0 Å². The Morgan fingerprint density at radius 2 is 2.12 bits per heavy atom. The van der Waals surface area contributed by atoms with E-state index >= 15 is 0 Å². The quantitative estimate of drug-likeness (QED) is 0.421. The summed E-state index contributed by atoms with van der Waals surface area (Å²) in [5.41, 5.74) is 3.36. The lowest BCUT2D eigenvalue weighted by molar-refractivity contribution is 0.291. The fourth-order valence-corrected chi connectivity index (χ4v) is 1.42. The van der Waals surface area contributed by atoms with Gasteiger partial charge in [-0.05, 0) is 13.3 Å². The van der Waals surface area contributed by atoms with E-state index in [1.54, 1.807) is 0 Å². The lowest BCUT2D eigenvalue weighted by Crippen LogP contribution is -2.11. The van der Waals surface area contributed by atoms with Crippen LogP contribution in [0.1, 0.15) is 38.2 Å². The first-order chi connectivity index (χ1) is 7.79. The maximum atomic E-state index is 5.58. The van der Waals surface area contributed by atoms with Crippen LogP contribution in [0.15, 0.2) is 6.33 Å². The molecule has 1 rings (SSSR count). The second-order valence-corrected chi connectivity index (χ2v) is 3.71. The molecule has 1 aromatic heterocycles. The number of aromatic nitrogens is 2. The first-order valence-corrected chi connectivity index (χ1v) is 5.70. The summed E-state index contributed by atoms with van der Waals surface area (Å²) in [6, 6.07) is 0. The van der Waals surface area contributed by atoms with Gasteiger partial charge in [0, 0.05) is 0 Å². The largest absolute Gasteiger partial charge is 0.477 e. The van der Waals surface area contributed by atoms with Crippen molar-refractivity contribution in [3.05, 3.63) is 11.9 Å². The first kappa shape index (κ1) is 12.7. The molecular formula is C11H20N4O. The molecule has 0 unspecified atom stereocenters. The number of hydrogen-bond acceptors (Lipinski definition) is 5. The van der Waals surface area contributed by atoms with Crippen LogP contribution < -0.4 is 16.0 Å². The number of ether oxygens (including phenoxy) is 1. The number of nitrogen functional groups attached to an aromatic ring is 1. The number of nitrogens with zero attached hydrogens (tertiary/aromatic N) is 2. The molecule has 5 nitrogen and oxygen atoms in total. The fraction of sp³-hybridized carbons (Fsp3) is 0.636. The molecule has 0 saturated carbocycles. The Bertz CT molecular complexity index is 317. The summed E-state index contributed by atoms with van der Waals surface area (Å²) in [5, 5.41) is 0. The predicted molar refractivity (Wildman–Crippen MR) is 64.2 cm³/mol. The topological polar surface area (TPSA) is 73.1 Å². The number of hydrazine groups is 1. The van der Waals surface area contributed by atoms with E-state index in [1.165, 1.54) is 25.6 Å². The van der Waals surface area contributed by atoms with Gasteiger partial charge >= 0.3 is 0 Å². The first-order valence-electron chi connectivity index (χ1n) is 5.70. The Kier molecular flexibility index (Phi) is 5.56. The van der Waals surface area contributed by atoms with E-state index in [9.17, 15) is 0 Å². The molecule has 5 heteroatoms. The summed E-state index contributed by atoms with van der Waals surface area (Å²) in [5.74, 6) is 6.54. The highest BCUT2D eigenvalue weighted by Crippen LogP contribution is 2.19. The molecule has 1 aromatic rings. The van der Waals surface area contributed by atoms with E-state index in [1.807, 2.05) is 6.92 Å².